The highest BCUT2D eigenvalue weighted by molar-refractivity contribution is 7.98. The first-order valence-electron chi connectivity index (χ1n) is 29.6. The molecule has 4 saturated carbocycles. The van der Waals surface area contributed by atoms with Crippen LogP contribution in [0.15, 0.2) is 0 Å². The van der Waals surface area contributed by atoms with E-state index in [0.29, 0.717) is 105 Å². The van der Waals surface area contributed by atoms with E-state index in [4.69, 9.17) is 22.6 Å². The Morgan fingerprint density at radius 1 is 0.641 bits per heavy atom. The normalized spacial score (nSPS) is 27.2. The Morgan fingerprint density at radius 2 is 1.17 bits per heavy atom. The fourth-order valence-corrected chi connectivity index (χ4v) is 14.7. The van der Waals surface area contributed by atoms with Crippen LogP contribution in [-0.4, -0.2) is 138 Å². The molecule has 0 saturated heterocycles. The molecule has 0 aromatic rings. The van der Waals surface area contributed by atoms with E-state index in [9.17, 15) is 43.8 Å². The van der Waals surface area contributed by atoms with Gasteiger partial charge in [-0.15, -0.1) is 0 Å². The second-order valence-electron chi connectivity index (χ2n) is 24.5. The van der Waals surface area contributed by atoms with Crippen molar-refractivity contribution in [2.75, 3.05) is 38.2 Å². The number of carbonyl (C=O) groups excluding carboxylic acids is 7. The third-order valence-corrected chi connectivity index (χ3v) is 19.2. The lowest BCUT2D eigenvalue weighted by Gasteiger charge is -2.61. The second-order valence-corrected chi connectivity index (χ2v) is 25.5. The molecule has 0 bridgehead atoms. The highest BCUT2D eigenvalue weighted by atomic mass is 32.2. The summed E-state index contributed by atoms with van der Waals surface area (Å²) in [5.74, 6) is -0.256. The maximum atomic E-state index is 14.4. The Bertz CT molecular complexity index is 1980. The number of hydrogen-bond acceptors (Lipinski definition) is 13. The average Bonchev–Trinajstić information content (AvgIpc) is 3.99. The fourth-order valence-electron chi connectivity index (χ4n) is 14.2. The molecular weight excluding hydrogens is 1010 g/mol. The molecular formula is C57H103N11O9S. The van der Waals surface area contributed by atoms with Crippen LogP contribution < -0.4 is 54.4 Å². The Kier molecular flexibility index (Phi) is 27.6. The molecule has 16 N–H and O–H groups in total. The number of amides is 6. The minimum Gasteiger partial charge on any atom is -0.394 e. The number of thioether (sulfide) groups is 1. The van der Waals surface area contributed by atoms with E-state index >= 15 is 0 Å². The van der Waals surface area contributed by atoms with Gasteiger partial charge >= 0.3 is 0 Å². The van der Waals surface area contributed by atoms with E-state index in [1.165, 1.54) is 50.8 Å². The summed E-state index contributed by atoms with van der Waals surface area (Å²) >= 11 is 1.49. The zero-order valence-electron chi connectivity index (χ0n) is 48.4. The first kappa shape index (κ1) is 66.5. The number of nitrogens with one attached hydrogen (secondary N) is 8. The van der Waals surface area contributed by atoms with Gasteiger partial charge in [-0.05, 0) is 213 Å². The van der Waals surface area contributed by atoms with Crippen molar-refractivity contribution < 1.29 is 43.8 Å². The monoisotopic (exact) mass is 1120 g/mol. The molecule has 20 nitrogen and oxygen atoms in total. The van der Waals surface area contributed by atoms with Crippen molar-refractivity contribution in [3.63, 3.8) is 0 Å². The molecule has 446 valence electrons. The zero-order chi connectivity index (χ0) is 57.7. The molecule has 0 heterocycles. The number of hydrogen-bond donors (Lipinski definition) is 13. The van der Waals surface area contributed by atoms with Crippen molar-refractivity contribution in [2.45, 2.75) is 219 Å². The van der Waals surface area contributed by atoms with Gasteiger partial charge < -0.3 is 64.6 Å². The number of Topliss-reactive ketones (excluding diaryl/α,β-unsaturated/α-hetero) is 1. The molecule has 21 heteroatoms. The van der Waals surface area contributed by atoms with Gasteiger partial charge in [0.25, 0.3) is 0 Å². The maximum Gasteiger partial charge on any atom is 0.245 e. The van der Waals surface area contributed by atoms with E-state index in [0.717, 1.165) is 25.7 Å². The van der Waals surface area contributed by atoms with Gasteiger partial charge in [-0.2, -0.15) is 11.8 Å². The molecule has 0 spiro atoms. The predicted octanol–water partition coefficient (Wildman–Crippen LogP) is 3.23. The van der Waals surface area contributed by atoms with Crippen LogP contribution in [-0.2, 0) is 33.6 Å². The molecule has 4 fully saturated rings. The number of guanidine groups is 1. The lowest BCUT2D eigenvalue weighted by atomic mass is 9.44. The van der Waals surface area contributed by atoms with Crippen LogP contribution in [0.3, 0.4) is 0 Å². The third kappa shape index (κ3) is 19.0. The Hall–Kier alpha value is -4.05. The molecule has 4 unspecified atom stereocenters. The number of aliphatic hydroxyl groups excluding tert-OH is 2. The van der Waals surface area contributed by atoms with E-state index in [-0.39, 0.29) is 73.7 Å². The number of ketones is 1. The molecule has 4 aliphatic carbocycles. The largest absolute Gasteiger partial charge is 0.394 e. The van der Waals surface area contributed by atoms with Gasteiger partial charge in [-0.25, -0.2) is 0 Å². The van der Waals surface area contributed by atoms with Crippen LogP contribution >= 0.6 is 11.8 Å². The standard InChI is InChI=1S/C57H103N11O9S/c1-34(2)31-47(53(76)66-46(15-12-29-62-55(60)61)52(75)68-48(33-69)54(77)64-43(36(4)70)24-30-78-7)67-51(74)45(14-9-11-28-59)65-50(73)44(13-8-10-27-58)63-49(72)21-16-35(3)40-19-20-41-39-18-17-37-32-38(71)22-25-56(37,5)42(39)23-26-57(40,41)6/h34-35,37-48,69,71H,8-33,58-59H2,1-7H3,(H,63,72)(H,64,77)(H,65,73)(H,66,76)(H,67,74)(H,68,75)(H4,60,61,62)/t35-,37?,38-,39?,40-,41?,42?,43+,44+,45+,46+,47+,48+,56+,57-/m1/s1. The number of unbranched alkanes of at least 4 members (excludes halogenated alkanes) is 2. The Morgan fingerprint density at radius 3 is 1.73 bits per heavy atom. The predicted molar refractivity (Wildman–Crippen MR) is 306 cm³/mol. The summed E-state index contributed by atoms with van der Waals surface area (Å²) in [4.78, 5) is 96.2. The van der Waals surface area contributed by atoms with E-state index in [1.807, 2.05) is 20.1 Å². The molecule has 0 aliphatic heterocycles. The minimum atomic E-state index is -1.46. The summed E-state index contributed by atoms with van der Waals surface area (Å²) in [5, 5.41) is 47.5. The second kappa shape index (κ2) is 32.4. The van der Waals surface area contributed by atoms with Crippen LogP contribution in [0.2, 0.25) is 0 Å². The first-order chi connectivity index (χ1) is 37.0. The molecule has 0 aromatic heterocycles. The van der Waals surface area contributed by atoms with Gasteiger partial charge in [-0.3, -0.25) is 39.0 Å². The van der Waals surface area contributed by atoms with Gasteiger partial charge in [0.05, 0.1) is 18.8 Å². The molecule has 78 heavy (non-hydrogen) atoms. The quantitative estimate of drug-likeness (QED) is 0.0250. The fraction of sp³-hybridized carbons (Fsp3) is 0.860. The number of aliphatic hydroxyl groups is 2. The van der Waals surface area contributed by atoms with Crippen LogP contribution in [0.4, 0.5) is 0 Å². The van der Waals surface area contributed by atoms with Gasteiger partial charge in [0.15, 0.2) is 11.7 Å². The lowest BCUT2D eigenvalue weighted by Crippen LogP contribution is -2.60. The van der Waals surface area contributed by atoms with Crippen molar-refractivity contribution in [3.05, 3.63) is 0 Å². The molecule has 0 radical (unpaired) electrons. The smallest absolute Gasteiger partial charge is 0.245 e. The van der Waals surface area contributed by atoms with Gasteiger partial charge in [-0.1, -0.05) is 34.6 Å². The minimum absolute atomic E-state index is 0.00633. The number of fused-ring (bicyclic) bond motifs is 5. The third-order valence-electron chi connectivity index (χ3n) is 18.6. The van der Waals surface area contributed by atoms with E-state index in [1.54, 1.807) is 0 Å². The van der Waals surface area contributed by atoms with Crippen molar-refractivity contribution in [1.29, 1.82) is 5.41 Å². The summed E-state index contributed by atoms with van der Waals surface area (Å²) in [6.07, 6.45) is 16.4. The van der Waals surface area contributed by atoms with Crippen molar-refractivity contribution in [3.8, 4) is 0 Å². The van der Waals surface area contributed by atoms with Crippen LogP contribution in [0, 0.1) is 57.7 Å². The molecule has 4 rings (SSSR count). The first-order valence-corrected chi connectivity index (χ1v) is 31.0. The van der Waals surface area contributed by atoms with Crippen LogP contribution in [0.5, 0.6) is 0 Å². The van der Waals surface area contributed by atoms with Crippen molar-refractivity contribution in [2.24, 2.45) is 69.5 Å². The topological polar surface area (TPSA) is 346 Å². The van der Waals surface area contributed by atoms with Gasteiger partial charge in [0.1, 0.15) is 30.2 Å². The van der Waals surface area contributed by atoms with Gasteiger partial charge in [0.2, 0.25) is 35.4 Å². The van der Waals surface area contributed by atoms with Crippen LogP contribution in [0.25, 0.3) is 0 Å². The van der Waals surface area contributed by atoms with Gasteiger partial charge in [0, 0.05) is 13.0 Å². The molecule has 4 aliphatic rings. The van der Waals surface area contributed by atoms with E-state index < -0.39 is 72.4 Å². The average molecular weight is 1120 g/mol. The Labute approximate surface area is 470 Å². The number of rotatable bonds is 34. The van der Waals surface area contributed by atoms with E-state index in [2.05, 4.69) is 58.0 Å². The summed E-state index contributed by atoms with van der Waals surface area (Å²) in [6, 6.07) is -6.79. The molecule has 6 amide bonds. The summed E-state index contributed by atoms with van der Waals surface area (Å²) in [7, 11) is 0. The summed E-state index contributed by atoms with van der Waals surface area (Å²) < 4.78 is 0. The summed E-state index contributed by atoms with van der Waals surface area (Å²) in [5.41, 5.74) is 17.7. The van der Waals surface area contributed by atoms with Crippen LogP contribution in [0.1, 0.15) is 176 Å². The highest BCUT2D eigenvalue weighted by Gasteiger charge is 2.60. The molecule has 0 aromatic carbocycles. The zero-order valence-corrected chi connectivity index (χ0v) is 49.2. The van der Waals surface area contributed by atoms with Crippen molar-refractivity contribution >= 4 is 58.9 Å². The molecule has 15 atom stereocenters. The highest BCUT2D eigenvalue weighted by Crippen LogP contribution is 2.68. The van der Waals surface area contributed by atoms with Crippen molar-refractivity contribution in [1.82, 2.24) is 37.2 Å². The summed E-state index contributed by atoms with van der Waals surface area (Å²) in [6.45, 7) is 12.5. The lowest BCUT2D eigenvalue weighted by molar-refractivity contribution is -0.136. The SMILES string of the molecule is CSCC[C@H](NC(=O)[C@H](CO)NC(=O)[C@H](CCCNC(=N)N)NC(=O)[C@H](CC(C)C)NC(=O)[C@H](CCCCN)NC(=O)[C@H](CCCCN)NC(=O)CC[C@@H](C)[C@H]1CCC2C3CCC4C[C@H](O)CC[C@]4(C)C3CC[C@@]21C)C(C)=O. The number of carbonyl (C=O) groups is 7. The maximum absolute atomic E-state index is 14.4. The Balaban J connectivity index is 1.44. The number of nitrogens with two attached hydrogens (primary N) is 3.